The molecule has 24 heavy (non-hydrogen) atoms. The maximum atomic E-state index is 13.3. The predicted molar refractivity (Wildman–Crippen MR) is 84.3 cm³/mol. The number of pyridine rings is 1. The van der Waals surface area contributed by atoms with E-state index in [4.69, 9.17) is 0 Å². The van der Waals surface area contributed by atoms with Gasteiger partial charge in [0.2, 0.25) is 5.91 Å². The normalized spacial score (nSPS) is 40.6. The van der Waals surface area contributed by atoms with Crippen LogP contribution in [0, 0.1) is 39.4 Å². The quantitative estimate of drug-likeness (QED) is 0.797. The van der Waals surface area contributed by atoms with E-state index in [9.17, 15) is 15.3 Å². The highest BCUT2D eigenvalue weighted by molar-refractivity contribution is 5.86. The first kappa shape index (κ1) is 14.0. The van der Waals surface area contributed by atoms with Crippen LogP contribution in [-0.2, 0) is 4.79 Å². The van der Waals surface area contributed by atoms with Gasteiger partial charge in [-0.2, -0.15) is 10.5 Å². The van der Waals surface area contributed by atoms with Crippen LogP contribution in [0.25, 0.3) is 0 Å². The Kier molecular flexibility index (Phi) is 2.43. The number of hydrogen-bond acceptors (Lipinski definition) is 4. The molecule has 6 rings (SSSR count). The number of amides is 1. The monoisotopic (exact) mass is 318 g/mol. The SMILES string of the molecule is C[C@H]1CN(C(=O)C23CCC(C#N)(C2)C3)[C@@H]2c3cncc(C#N)c3C21. The molecule has 2 heterocycles. The fourth-order valence-corrected chi connectivity index (χ4v) is 5.92. The van der Waals surface area contributed by atoms with Crippen molar-refractivity contribution in [2.24, 2.45) is 16.7 Å². The highest BCUT2D eigenvalue weighted by Crippen LogP contribution is 2.69. The lowest BCUT2D eigenvalue weighted by molar-refractivity contribution is -0.149. The fraction of sp³-hybridized carbons (Fsp3) is 0.579. The van der Waals surface area contributed by atoms with Crippen molar-refractivity contribution in [1.82, 2.24) is 9.88 Å². The molecule has 5 nitrogen and oxygen atoms in total. The Hall–Kier alpha value is -2.40. The topological polar surface area (TPSA) is 80.8 Å². The second-order valence-electron chi connectivity index (χ2n) is 8.23. The van der Waals surface area contributed by atoms with Crippen LogP contribution in [-0.4, -0.2) is 22.3 Å². The predicted octanol–water partition coefficient (Wildman–Crippen LogP) is 2.65. The maximum absolute atomic E-state index is 13.3. The van der Waals surface area contributed by atoms with Gasteiger partial charge < -0.3 is 4.90 Å². The minimum absolute atomic E-state index is 0.0790. The number of nitrogens with zero attached hydrogens (tertiary/aromatic N) is 4. The molecule has 1 aromatic rings. The number of carbonyl (C=O) groups excluding carboxylic acids is 1. The molecule has 1 unspecified atom stereocenters. The van der Waals surface area contributed by atoms with Gasteiger partial charge in [0, 0.05) is 24.9 Å². The molecule has 0 N–H and O–H groups in total. The highest BCUT2D eigenvalue weighted by atomic mass is 16.2. The Balaban J connectivity index is 1.49. The maximum Gasteiger partial charge on any atom is 0.229 e. The molecule has 4 fully saturated rings. The number of aromatic nitrogens is 1. The van der Waals surface area contributed by atoms with Crippen molar-refractivity contribution in [2.75, 3.05) is 6.54 Å². The molecule has 1 amide bonds. The van der Waals surface area contributed by atoms with E-state index in [-0.39, 0.29) is 28.7 Å². The van der Waals surface area contributed by atoms with Gasteiger partial charge in [-0.15, -0.1) is 0 Å². The van der Waals surface area contributed by atoms with E-state index in [0.29, 0.717) is 11.5 Å². The van der Waals surface area contributed by atoms with Gasteiger partial charge in [0.05, 0.1) is 28.5 Å². The van der Waals surface area contributed by atoms with Crippen LogP contribution in [0.5, 0.6) is 0 Å². The van der Waals surface area contributed by atoms with Gasteiger partial charge in [-0.25, -0.2) is 0 Å². The first-order chi connectivity index (χ1) is 11.5. The molecule has 120 valence electrons. The zero-order valence-corrected chi connectivity index (χ0v) is 13.6. The molecule has 5 aliphatic rings. The van der Waals surface area contributed by atoms with E-state index in [0.717, 1.165) is 43.4 Å². The number of hydrogen-bond donors (Lipinski definition) is 0. The van der Waals surface area contributed by atoms with Crippen molar-refractivity contribution < 1.29 is 4.79 Å². The summed E-state index contributed by atoms with van der Waals surface area (Å²) in [5, 5.41) is 18.7. The third-order valence-corrected chi connectivity index (χ3v) is 6.95. The van der Waals surface area contributed by atoms with Crippen LogP contribution in [0.4, 0.5) is 0 Å². The number of fused-ring (bicyclic) bond motifs is 5. The zero-order chi connectivity index (χ0) is 16.7. The van der Waals surface area contributed by atoms with Crippen molar-refractivity contribution in [3.63, 3.8) is 0 Å². The van der Waals surface area contributed by atoms with Gasteiger partial charge in [0.15, 0.2) is 0 Å². The summed E-state index contributed by atoms with van der Waals surface area (Å²) >= 11 is 0. The van der Waals surface area contributed by atoms with Crippen LogP contribution in [0.3, 0.4) is 0 Å². The third kappa shape index (κ3) is 1.40. The minimum Gasteiger partial charge on any atom is -0.334 e. The van der Waals surface area contributed by atoms with Crippen LogP contribution in [0.1, 0.15) is 61.3 Å². The van der Waals surface area contributed by atoms with E-state index in [2.05, 4.69) is 24.0 Å². The molecule has 0 radical (unpaired) electrons. The lowest BCUT2D eigenvalue weighted by atomic mass is 9.60. The van der Waals surface area contributed by atoms with Crippen molar-refractivity contribution in [3.05, 3.63) is 29.1 Å². The van der Waals surface area contributed by atoms with E-state index in [1.165, 1.54) is 0 Å². The molecular formula is C19H18N4O. The van der Waals surface area contributed by atoms with Gasteiger partial charge in [-0.05, 0) is 42.7 Å². The molecule has 2 bridgehead atoms. The molecule has 3 saturated carbocycles. The largest absolute Gasteiger partial charge is 0.334 e. The van der Waals surface area contributed by atoms with Gasteiger partial charge in [0.1, 0.15) is 6.07 Å². The molecular weight excluding hydrogens is 300 g/mol. The summed E-state index contributed by atoms with van der Waals surface area (Å²) in [5.41, 5.74) is 2.29. The summed E-state index contributed by atoms with van der Waals surface area (Å²) < 4.78 is 0. The summed E-state index contributed by atoms with van der Waals surface area (Å²) in [6, 6.07) is 4.76. The van der Waals surface area contributed by atoms with Crippen molar-refractivity contribution >= 4 is 5.91 Å². The van der Waals surface area contributed by atoms with Crippen LogP contribution < -0.4 is 0 Å². The lowest BCUT2D eigenvalue weighted by Crippen LogP contribution is -2.50. The van der Waals surface area contributed by atoms with Gasteiger partial charge >= 0.3 is 0 Å². The van der Waals surface area contributed by atoms with Crippen molar-refractivity contribution in [1.29, 1.82) is 10.5 Å². The number of likely N-dealkylation sites (tertiary alicyclic amines) is 1. The van der Waals surface area contributed by atoms with E-state index in [1.54, 1.807) is 6.20 Å². The molecule has 1 aliphatic heterocycles. The summed E-state index contributed by atoms with van der Waals surface area (Å²) in [4.78, 5) is 19.5. The standard InChI is InChI=1S/C19H18N4O/c1-11-7-23(17(24)19-3-2-18(8-19,9-19)10-21)16-13-6-22-5-12(4-20)15(13)14(11)16/h5-6,11,14,16H,2-3,7-9H2,1H3/t11-,14?,16+,18?,19?/m0/s1. The Labute approximate surface area is 140 Å². The molecule has 4 aliphatic carbocycles. The van der Waals surface area contributed by atoms with Crippen molar-refractivity contribution in [3.8, 4) is 12.1 Å². The Bertz CT molecular complexity index is 855. The summed E-state index contributed by atoms with van der Waals surface area (Å²) in [7, 11) is 0. The summed E-state index contributed by atoms with van der Waals surface area (Å²) in [6.07, 6.45) is 6.65. The molecule has 0 spiro atoms. The summed E-state index contributed by atoms with van der Waals surface area (Å²) in [6.45, 7) is 2.91. The van der Waals surface area contributed by atoms with E-state index >= 15 is 0 Å². The van der Waals surface area contributed by atoms with Gasteiger partial charge in [-0.1, -0.05) is 6.92 Å². The second kappa shape index (κ2) is 4.16. The van der Waals surface area contributed by atoms with Gasteiger partial charge in [-0.3, -0.25) is 9.78 Å². The molecule has 1 aromatic heterocycles. The van der Waals surface area contributed by atoms with E-state index in [1.807, 2.05) is 11.1 Å². The zero-order valence-electron chi connectivity index (χ0n) is 13.6. The fourth-order valence-electron chi connectivity index (χ4n) is 5.92. The Morgan fingerprint density at radius 2 is 2.12 bits per heavy atom. The van der Waals surface area contributed by atoms with Crippen LogP contribution >= 0.6 is 0 Å². The van der Waals surface area contributed by atoms with Crippen LogP contribution in [0.2, 0.25) is 0 Å². The molecule has 0 aromatic carbocycles. The molecule has 1 saturated heterocycles. The first-order valence-electron chi connectivity index (χ1n) is 8.64. The lowest BCUT2D eigenvalue weighted by Gasteiger charge is -2.47. The Morgan fingerprint density at radius 3 is 2.79 bits per heavy atom. The summed E-state index contributed by atoms with van der Waals surface area (Å²) in [5.74, 6) is 0.859. The average molecular weight is 318 g/mol. The Morgan fingerprint density at radius 1 is 1.33 bits per heavy atom. The van der Waals surface area contributed by atoms with Crippen molar-refractivity contribution in [2.45, 2.75) is 44.6 Å². The van der Waals surface area contributed by atoms with Gasteiger partial charge in [0.25, 0.3) is 0 Å². The third-order valence-electron chi connectivity index (χ3n) is 6.95. The number of nitriles is 2. The number of carbonyl (C=O) groups is 1. The number of rotatable bonds is 1. The van der Waals surface area contributed by atoms with Crippen LogP contribution in [0.15, 0.2) is 12.4 Å². The van der Waals surface area contributed by atoms with E-state index < -0.39 is 0 Å². The molecule has 3 atom stereocenters. The smallest absolute Gasteiger partial charge is 0.229 e. The second-order valence-corrected chi connectivity index (χ2v) is 8.23. The highest BCUT2D eigenvalue weighted by Gasteiger charge is 2.67. The average Bonchev–Trinajstić information content (AvgIpc) is 3.18. The first-order valence-corrected chi connectivity index (χ1v) is 8.64. The minimum atomic E-state index is -0.291. The molecule has 5 heteroatoms.